The van der Waals surface area contributed by atoms with Gasteiger partial charge in [-0.05, 0) is 30.7 Å². The number of sulfonamides is 1. The average Bonchev–Trinajstić information content (AvgIpc) is 2.36. The molecule has 0 spiro atoms. The number of carboxylic acid groups (broad SMARTS) is 1. The van der Waals surface area contributed by atoms with E-state index in [0.29, 0.717) is 12.4 Å². The minimum absolute atomic E-state index is 0.0849. The number of hydrogen-bond acceptors (Lipinski definition) is 4. The van der Waals surface area contributed by atoms with Crippen molar-refractivity contribution in [2.75, 3.05) is 13.2 Å². The molecule has 1 rings (SSSR count). The van der Waals surface area contributed by atoms with Crippen LogP contribution >= 0.6 is 0 Å². The maximum absolute atomic E-state index is 11.8. The van der Waals surface area contributed by atoms with Gasteiger partial charge in [-0.15, -0.1) is 0 Å². The van der Waals surface area contributed by atoms with Crippen molar-refractivity contribution in [3.05, 3.63) is 24.3 Å². The zero-order valence-electron chi connectivity index (χ0n) is 10.6. The molecule has 2 N–H and O–H groups in total. The fraction of sp³-hybridized carbons (Fsp3) is 0.417. The number of nitrogens with one attached hydrogen (secondary N) is 1. The van der Waals surface area contributed by atoms with Crippen LogP contribution in [-0.2, 0) is 14.8 Å². The van der Waals surface area contributed by atoms with Crippen LogP contribution in [0.15, 0.2) is 29.2 Å². The van der Waals surface area contributed by atoms with Gasteiger partial charge in [0, 0.05) is 6.54 Å². The summed E-state index contributed by atoms with van der Waals surface area (Å²) in [7, 11) is -3.66. The van der Waals surface area contributed by atoms with E-state index < -0.39 is 16.0 Å². The highest BCUT2D eigenvalue weighted by Gasteiger charge is 2.13. The molecule has 0 aliphatic heterocycles. The molecule has 0 aliphatic rings. The van der Waals surface area contributed by atoms with E-state index in [4.69, 9.17) is 9.84 Å². The molecule has 7 heteroatoms. The molecule has 6 nitrogen and oxygen atoms in total. The second-order valence-corrected chi connectivity index (χ2v) is 5.63. The summed E-state index contributed by atoms with van der Waals surface area (Å²) >= 11 is 0. The normalized spacial score (nSPS) is 11.2. The van der Waals surface area contributed by atoms with Crippen molar-refractivity contribution < 1.29 is 23.1 Å². The number of carbonyl (C=O) groups is 1. The Morgan fingerprint density at radius 2 is 1.95 bits per heavy atom. The van der Waals surface area contributed by atoms with E-state index in [0.717, 1.165) is 6.42 Å². The summed E-state index contributed by atoms with van der Waals surface area (Å²) in [5.74, 6) is -0.447. The van der Waals surface area contributed by atoms with Crippen LogP contribution in [0.5, 0.6) is 5.75 Å². The van der Waals surface area contributed by atoms with E-state index in [1.807, 2.05) is 6.92 Å². The molecule has 0 fully saturated rings. The molecule has 0 aliphatic carbocycles. The topological polar surface area (TPSA) is 92.7 Å². The number of benzene rings is 1. The highest BCUT2D eigenvalue weighted by Crippen LogP contribution is 2.15. The minimum Gasteiger partial charge on any atom is -0.494 e. The highest BCUT2D eigenvalue weighted by atomic mass is 32.2. The van der Waals surface area contributed by atoms with Crippen molar-refractivity contribution in [3.8, 4) is 5.75 Å². The van der Waals surface area contributed by atoms with Crippen molar-refractivity contribution in [2.45, 2.75) is 24.7 Å². The molecular weight excluding hydrogens is 270 g/mol. The van der Waals surface area contributed by atoms with E-state index in [-0.39, 0.29) is 17.9 Å². The van der Waals surface area contributed by atoms with E-state index >= 15 is 0 Å². The van der Waals surface area contributed by atoms with Crippen molar-refractivity contribution in [2.24, 2.45) is 0 Å². The minimum atomic E-state index is -3.66. The second kappa shape index (κ2) is 7.10. The first kappa shape index (κ1) is 15.5. The van der Waals surface area contributed by atoms with Crippen LogP contribution in [-0.4, -0.2) is 32.6 Å². The van der Waals surface area contributed by atoms with Gasteiger partial charge in [0.1, 0.15) is 5.75 Å². The molecule has 106 valence electrons. The van der Waals surface area contributed by atoms with Crippen LogP contribution in [0.1, 0.15) is 19.8 Å². The standard InChI is InChI=1S/C12H17NO5S/c1-2-9-18-10-3-5-11(6-4-10)19(16,17)13-8-7-12(14)15/h3-6,13H,2,7-9H2,1H3,(H,14,15). The number of aliphatic carboxylic acids is 1. The lowest BCUT2D eigenvalue weighted by molar-refractivity contribution is -0.136. The summed E-state index contributed by atoms with van der Waals surface area (Å²) in [5, 5.41) is 8.45. The zero-order chi connectivity index (χ0) is 14.3. The van der Waals surface area contributed by atoms with Crippen LogP contribution in [0.25, 0.3) is 0 Å². The van der Waals surface area contributed by atoms with Gasteiger partial charge < -0.3 is 9.84 Å². The van der Waals surface area contributed by atoms with Gasteiger partial charge in [-0.1, -0.05) is 6.92 Å². The van der Waals surface area contributed by atoms with E-state index in [2.05, 4.69) is 4.72 Å². The Labute approximate surface area is 112 Å². The van der Waals surface area contributed by atoms with Crippen molar-refractivity contribution in [3.63, 3.8) is 0 Å². The number of ether oxygens (including phenoxy) is 1. The summed E-state index contributed by atoms with van der Waals surface area (Å²) in [6, 6.07) is 5.99. The summed E-state index contributed by atoms with van der Waals surface area (Å²) in [6.45, 7) is 2.42. The summed E-state index contributed by atoms with van der Waals surface area (Å²) in [6.07, 6.45) is 0.619. The fourth-order valence-corrected chi connectivity index (χ4v) is 2.34. The van der Waals surface area contributed by atoms with E-state index in [1.165, 1.54) is 12.1 Å². The monoisotopic (exact) mass is 287 g/mol. The molecule has 0 amide bonds. The van der Waals surface area contributed by atoms with Crippen molar-refractivity contribution in [1.82, 2.24) is 4.72 Å². The number of rotatable bonds is 8. The molecule has 0 saturated heterocycles. The van der Waals surface area contributed by atoms with Gasteiger partial charge in [0.25, 0.3) is 0 Å². The highest BCUT2D eigenvalue weighted by molar-refractivity contribution is 7.89. The van der Waals surface area contributed by atoms with Crippen LogP contribution in [0, 0.1) is 0 Å². The molecule has 1 aromatic carbocycles. The average molecular weight is 287 g/mol. The lowest BCUT2D eigenvalue weighted by Gasteiger charge is -2.07. The lowest BCUT2D eigenvalue weighted by Crippen LogP contribution is -2.26. The Hall–Kier alpha value is -1.60. The molecule has 0 radical (unpaired) electrons. The number of hydrogen-bond donors (Lipinski definition) is 2. The van der Waals surface area contributed by atoms with Gasteiger partial charge in [0.15, 0.2) is 0 Å². The Bertz CT molecular complexity index is 509. The smallest absolute Gasteiger partial charge is 0.304 e. The fourth-order valence-electron chi connectivity index (χ4n) is 1.31. The molecule has 0 aromatic heterocycles. The number of carboxylic acids is 1. The van der Waals surface area contributed by atoms with Gasteiger partial charge in [-0.2, -0.15) is 0 Å². The second-order valence-electron chi connectivity index (χ2n) is 3.86. The molecule has 0 atom stereocenters. The molecule has 0 heterocycles. The summed E-state index contributed by atoms with van der Waals surface area (Å²) in [5.41, 5.74) is 0. The SMILES string of the molecule is CCCOc1ccc(S(=O)(=O)NCCC(=O)O)cc1. The molecule has 0 bridgehead atoms. The maximum Gasteiger partial charge on any atom is 0.304 e. The molecular formula is C12H17NO5S. The van der Waals surface area contributed by atoms with Crippen molar-refractivity contribution >= 4 is 16.0 Å². The maximum atomic E-state index is 11.8. The predicted molar refractivity (Wildman–Crippen MR) is 69.7 cm³/mol. The van der Waals surface area contributed by atoms with Crippen LogP contribution in [0.2, 0.25) is 0 Å². The third-order valence-electron chi connectivity index (χ3n) is 2.24. The largest absolute Gasteiger partial charge is 0.494 e. The van der Waals surface area contributed by atoms with Gasteiger partial charge in [-0.25, -0.2) is 13.1 Å². The third kappa shape index (κ3) is 5.27. The zero-order valence-corrected chi connectivity index (χ0v) is 11.4. The van der Waals surface area contributed by atoms with Crippen molar-refractivity contribution in [1.29, 1.82) is 0 Å². The summed E-state index contributed by atoms with van der Waals surface area (Å²) in [4.78, 5) is 10.4. The Morgan fingerprint density at radius 3 is 2.47 bits per heavy atom. The first-order valence-corrected chi connectivity index (χ1v) is 7.38. The predicted octanol–water partition coefficient (Wildman–Crippen LogP) is 1.23. The Kier molecular flexibility index (Phi) is 5.78. The van der Waals surface area contributed by atoms with E-state index in [1.54, 1.807) is 12.1 Å². The van der Waals surface area contributed by atoms with Crippen LogP contribution in [0.3, 0.4) is 0 Å². The van der Waals surface area contributed by atoms with Gasteiger partial charge >= 0.3 is 5.97 Å². The molecule has 0 unspecified atom stereocenters. The lowest BCUT2D eigenvalue weighted by atomic mass is 10.3. The molecule has 1 aromatic rings. The molecule has 19 heavy (non-hydrogen) atoms. The quantitative estimate of drug-likeness (QED) is 0.750. The van der Waals surface area contributed by atoms with Crippen LogP contribution < -0.4 is 9.46 Å². The van der Waals surface area contributed by atoms with Gasteiger partial charge in [0.05, 0.1) is 17.9 Å². The Morgan fingerprint density at radius 1 is 1.32 bits per heavy atom. The van der Waals surface area contributed by atoms with Gasteiger partial charge in [-0.3, -0.25) is 4.79 Å². The first-order valence-electron chi connectivity index (χ1n) is 5.90. The summed E-state index contributed by atoms with van der Waals surface area (Å²) < 4.78 is 31.2. The van der Waals surface area contributed by atoms with Crippen LogP contribution in [0.4, 0.5) is 0 Å². The molecule has 0 saturated carbocycles. The Balaban J connectivity index is 2.65. The first-order chi connectivity index (χ1) is 8.95. The third-order valence-corrected chi connectivity index (χ3v) is 3.71. The van der Waals surface area contributed by atoms with E-state index in [9.17, 15) is 13.2 Å². The van der Waals surface area contributed by atoms with Gasteiger partial charge in [0.2, 0.25) is 10.0 Å².